The Balaban J connectivity index is 1.96. The van der Waals surface area contributed by atoms with Crippen LogP contribution in [0.3, 0.4) is 0 Å². The predicted octanol–water partition coefficient (Wildman–Crippen LogP) is 1.93. The van der Waals surface area contributed by atoms with Gasteiger partial charge in [0.1, 0.15) is 0 Å². The van der Waals surface area contributed by atoms with Crippen molar-refractivity contribution in [3.05, 3.63) is 0 Å². The molecule has 1 heteroatoms. The molecule has 0 aromatic carbocycles. The molecule has 1 saturated carbocycles. The van der Waals surface area contributed by atoms with Crippen LogP contribution in [0.4, 0.5) is 0 Å². The Bertz CT molecular complexity index is 127. The van der Waals surface area contributed by atoms with Gasteiger partial charge in [0.25, 0.3) is 0 Å². The number of nitrogens with one attached hydrogen (secondary N) is 1. The van der Waals surface area contributed by atoms with Crippen molar-refractivity contribution in [3.63, 3.8) is 0 Å². The fraction of sp³-hybridized carbons (Fsp3) is 1.00. The van der Waals surface area contributed by atoms with Gasteiger partial charge < -0.3 is 5.32 Å². The van der Waals surface area contributed by atoms with Crippen molar-refractivity contribution in [2.24, 2.45) is 5.92 Å². The van der Waals surface area contributed by atoms with Gasteiger partial charge in [0.2, 0.25) is 0 Å². The molecule has 0 aromatic rings. The van der Waals surface area contributed by atoms with E-state index in [4.69, 9.17) is 0 Å². The van der Waals surface area contributed by atoms with Crippen LogP contribution in [-0.4, -0.2) is 12.1 Å². The van der Waals surface area contributed by atoms with Gasteiger partial charge in [-0.25, -0.2) is 0 Å². The van der Waals surface area contributed by atoms with E-state index < -0.39 is 0 Å². The van der Waals surface area contributed by atoms with Crippen LogP contribution in [0.25, 0.3) is 0 Å². The van der Waals surface area contributed by atoms with Crippen LogP contribution in [0, 0.1) is 5.92 Å². The van der Waals surface area contributed by atoms with E-state index in [1.165, 1.54) is 38.6 Å². The van der Waals surface area contributed by atoms with Crippen molar-refractivity contribution in [1.82, 2.24) is 5.32 Å². The van der Waals surface area contributed by atoms with E-state index >= 15 is 0 Å². The standard InChI is InChI=1S/C9H17N/c1-8-4-2-3-5-9(6-8)7-10-9/h8,10H,2-7H2,1H3. The molecule has 0 aromatic heterocycles. The fourth-order valence-electron chi connectivity index (χ4n) is 2.27. The third kappa shape index (κ3) is 1.20. The zero-order chi connectivity index (χ0) is 7.03. The van der Waals surface area contributed by atoms with Crippen molar-refractivity contribution in [2.75, 3.05) is 6.54 Å². The zero-order valence-corrected chi connectivity index (χ0v) is 6.82. The molecule has 58 valence electrons. The van der Waals surface area contributed by atoms with Gasteiger partial charge in [-0.15, -0.1) is 0 Å². The predicted molar refractivity (Wildman–Crippen MR) is 43.0 cm³/mol. The minimum atomic E-state index is 0.635. The van der Waals surface area contributed by atoms with Crippen molar-refractivity contribution in [3.8, 4) is 0 Å². The van der Waals surface area contributed by atoms with Crippen LogP contribution >= 0.6 is 0 Å². The second kappa shape index (κ2) is 2.23. The average Bonchev–Trinajstić information content (AvgIpc) is 2.64. The van der Waals surface area contributed by atoms with E-state index in [0.717, 1.165) is 5.92 Å². The highest BCUT2D eigenvalue weighted by Gasteiger charge is 2.42. The number of hydrogen-bond donors (Lipinski definition) is 1. The third-order valence-corrected chi connectivity index (χ3v) is 3.02. The van der Waals surface area contributed by atoms with Crippen LogP contribution in [0.2, 0.25) is 0 Å². The molecule has 0 amide bonds. The summed E-state index contributed by atoms with van der Waals surface area (Å²) in [6.07, 6.45) is 7.26. The summed E-state index contributed by atoms with van der Waals surface area (Å²) in [5.41, 5.74) is 0.635. The molecule has 1 aliphatic carbocycles. The van der Waals surface area contributed by atoms with Gasteiger partial charge in [-0.3, -0.25) is 0 Å². The molecule has 1 saturated heterocycles. The lowest BCUT2D eigenvalue weighted by molar-refractivity contribution is 0.446. The van der Waals surface area contributed by atoms with Gasteiger partial charge in [0.05, 0.1) is 0 Å². The molecule has 2 rings (SSSR count). The van der Waals surface area contributed by atoms with E-state index in [2.05, 4.69) is 12.2 Å². The monoisotopic (exact) mass is 139 g/mol. The van der Waals surface area contributed by atoms with E-state index in [1.54, 1.807) is 0 Å². The van der Waals surface area contributed by atoms with Crippen molar-refractivity contribution in [2.45, 2.75) is 44.6 Å². The summed E-state index contributed by atoms with van der Waals surface area (Å²) in [6.45, 7) is 3.70. The molecule has 1 spiro atoms. The highest BCUT2D eigenvalue weighted by Crippen LogP contribution is 2.36. The molecule has 10 heavy (non-hydrogen) atoms. The minimum absolute atomic E-state index is 0.635. The van der Waals surface area contributed by atoms with E-state index in [1.807, 2.05) is 0 Å². The summed E-state index contributed by atoms with van der Waals surface area (Å²) in [5, 5.41) is 3.52. The van der Waals surface area contributed by atoms with Gasteiger partial charge >= 0.3 is 0 Å². The Labute approximate surface area is 63.2 Å². The van der Waals surface area contributed by atoms with Gasteiger partial charge in [0, 0.05) is 12.1 Å². The highest BCUT2D eigenvalue weighted by atomic mass is 15.2. The maximum Gasteiger partial charge on any atom is 0.0309 e. The van der Waals surface area contributed by atoms with Crippen LogP contribution < -0.4 is 5.32 Å². The molecular weight excluding hydrogens is 122 g/mol. The average molecular weight is 139 g/mol. The highest BCUT2D eigenvalue weighted by molar-refractivity contribution is 5.05. The van der Waals surface area contributed by atoms with Crippen molar-refractivity contribution in [1.29, 1.82) is 0 Å². The van der Waals surface area contributed by atoms with Crippen LogP contribution in [0.15, 0.2) is 0 Å². The van der Waals surface area contributed by atoms with Gasteiger partial charge in [0.15, 0.2) is 0 Å². The van der Waals surface area contributed by atoms with Gasteiger partial charge in [-0.2, -0.15) is 0 Å². The zero-order valence-electron chi connectivity index (χ0n) is 6.82. The summed E-state index contributed by atoms with van der Waals surface area (Å²) < 4.78 is 0. The first-order chi connectivity index (χ1) is 4.81. The summed E-state index contributed by atoms with van der Waals surface area (Å²) in [6, 6.07) is 0. The molecule has 2 aliphatic rings. The van der Waals surface area contributed by atoms with Gasteiger partial charge in [-0.05, 0) is 18.8 Å². The Kier molecular flexibility index (Phi) is 1.48. The molecule has 1 aliphatic heterocycles. The molecule has 2 unspecified atom stereocenters. The topological polar surface area (TPSA) is 21.9 Å². The summed E-state index contributed by atoms with van der Waals surface area (Å²) in [4.78, 5) is 0. The van der Waals surface area contributed by atoms with E-state index in [9.17, 15) is 0 Å². The molecule has 1 heterocycles. The summed E-state index contributed by atoms with van der Waals surface area (Å²) >= 11 is 0. The normalized spacial score (nSPS) is 47.1. The first kappa shape index (κ1) is 6.66. The van der Waals surface area contributed by atoms with E-state index in [0.29, 0.717) is 5.54 Å². The molecule has 0 radical (unpaired) electrons. The first-order valence-corrected chi connectivity index (χ1v) is 4.56. The SMILES string of the molecule is CC1CCCCC2(CN2)C1. The Morgan fingerprint density at radius 2 is 2.20 bits per heavy atom. The Morgan fingerprint density at radius 3 is 2.90 bits per heavy atom. The molecule has 2 fully saturated rings. The van der Waals surface area contributed by atoms with Crippen molar-refractivity contribution >= 4 is 0 Å². The number of rotatable bonds is 0. The molecular formula is C9H17N. The minimum Gasteiger partial charge on any atom is -0.308 e. The van der Waals surface area contributed by atoms with Crippen LogP contribution in [0.1, 0.15) is 39.0 Å². The van der Waals surface area contributed by atoms with Crippen molar-refractivity contribution < 1.29 is 0 Å². The van der Waals surface area contributed by atoms with Crippen LogP contribution in [0.5, 0.6) is 0 Å². The van der Waals surface area contributed by atoms with Gasteiger partial charge in [-0.1, -0.05) is 26.2 Å². The second-order valence-electron chi connectivity index (χ2n) is 4.19. The smallest absolute Gasteiger partial charge is 0.0309 e. The maximum atomic E-state index is 3.52. The fourth-order valence-corrected chi connectivity index (χ4v) is 2.27. The lowest BCUT2D eigenvalue weighted by Crippen LogP contribution is -2.16. The molecule has 1 nitrogen and oxygen atoms in total. The second-order valence-corrected chi connectivity index (χ2v) is 4.19. The maximum absolute atomic E-state index is 3.52. The Morgan fingerprint density at radius 1 is 1.40 bits per heavy atom. The lowest BCUT2D eigenvalue weighted by atomic mass is 9.95. The molecule has 2 atom stereocenters. The quantitative estimate of drug-likeness (QED) is 0.509. The molecule has 1 N–H and O–H groups in total. The number of hydrogen-bond acceptors (Lipinski definition) is 1. The lowest BCUT2D eigenvalue weighted by Gasteiger charge is -2.12. The Hall–Kier alpha value is -0.0400. The molecule has 0 bridgehead atoms. The summed E-state index contributed by atoms with van der Waals surface area (Å²) in [7, 11) is 0. The largest absolute Gasteiger partial charge is 0.308 e. The third-order valence-electron chi connectivity index (χ3n) is 3.02. The summed E-state index contributed by atoms with van der Waals surface area (Å²) in [5.74, 6) is 0.970. The van der Waals surface area contributed by atoms with E-state index in [-0.39, 0.29) is 0 Å². The van der Waals surface area contributed by atoms with Crippen LogP contribution in [-0.2, 0) is 0 Å². The first-order valence-electron chi connectivity index (χ1n) is 4.56.